The van der Waals surface area contributed by atoms with Crippen LogP contribution in [0.4, 0.5) is 0 Å². The molecule has 1 atom stereocenters. The molecule has 10 heavy (non-hydrogen) atoms. The van der Waals surface area contributed by atoms with Gasteiger partial charge in [-0.25, -0.2) is 0 Å². The van der Waals surface area contributed by atoms with Gasteiger partial charge in [-0.3, -0.25) is 4.79 Å². The second-order valence-electron chi connectivity index (χ2n) is 2.03. The van der Waals surface area contributed by atoms with Crippen LogP contribution in [0.15, 0.2) is 0 Å². The molecule has 0 bridgehead atoms. The highest BCUT2D eigenvalue weighted by molar-refractivity contribution is 5.45. The largest absolute Gasteiger partial charge is 0.396 e. The topological polar surface area (TPSA) is 69.6 Å². The predicted octanol–water partition coefficient (Wildman–Crippen LogP) is -1.13. The van der Waals surface area contributed by atoms with Crippen LogP contribution in [0.2, 0.25) is 0 Å². The van der Waals surface area contributed by atoms with Crippen molar-refractivity contribution in [1.82, 2.24) is 5.32 Å². The first-order chi connectivity index (χ1) is 4.81. The molecule has 0 aliphatic heterocycles. The third kappa shape index (κ3) is 5.53. The van der Waals surface area contributed by atoms with E-state index in [1.807, 2.05) is 0 Å². The zero-order valence-corrected chi connectivity index (χ0v) is 5.79. The lowest BCUT2D eigenvalue weighted by atomic mass is 10.2. The molecule has 4 heteroatoms. The van der Waals surface area contributed by atoms with Crippen molar-refractivity contribution in [2.24, 2.45) is 0 Å². The number of hydrogen-bond donors (Lipinski definition) is 3. The Balaban J connectivity index is 3.04. The molecule has 0 aromatic heterocycles. The normalized spacial score (nSPS) is 12.6. The van der Waals surface area contributed by atoms with Crippen LogP contribution in [0, 0.1) is 0 Å². The van der Waals surface area contributed by atoms with E-state index in [0.717, 1.165) is 0 Å². The van der Waals surface area contributed by atoms with Gasteiger partial charge < -0.3 is 15.5 Å². The maximum Gasteiger partial charge on any atom is 0.207 e. The van der Waals surface area contributed by atoms with E-state index in [0.29, 0.717) is 25.8 Å². The van der Waals surface area contributed by atoms with Gasteiger partial charge in [-0.15, -0.1) is 0 Å². The summed E-state index contributed by atoms with van der Waals surface area (Å²) in [4.78, 5) is 9.70. The van der Waals surface area contributed by atoms with Gasteiger partial charge in [0.05, 0.1) is 6.10 Å². The number of aliphatic hydroxyl groups is 2. The van der Waals surface area contributed by atoms with Crippen LogP contribution in [0.1, 0.15) is 12.8 Å². The average molecular weight is 147 g/mol. The lowest BCUT2D eigenvalue weighted by molar-refractivity contribution is -0.109. The van der Waals surface area contributed by atoms with Gasteiger partial charge >= 0.3 is 0 Å². The number of rotatable bonds is 6. The van der Waals surface area contributed by atoms with E-state index >= 15 is 0 Å². The van der Waals surface area contributed by atoms with Gasteiger partial charge in [-0.2, -0.15) is 0 Å². The van der Waals surface area contributed by atoms with E-state index in [2.05, 4.69) is 5.32 Å². The SMILES string of the molecule is O=CNCCC(O)CCO. The quantitative estimate of drug-likeness (QED) is 0.329. The summed E-state index contributed by atoms with van der Waals surface area (Å²) in [5.41, 5.74) is 0. The maximum absolute atomic E-state index is 9.70. The summed E-state index contributed by atoms with van der Waals surface area (Å²) in [5.74, 6) is 0. The molecule has 0 heterocycles. The van der Waals surface area contributed by atoms with Crippen LogP contribution in [-0.2, 0) is 4.79 Å². The number of nitrogens with one attached hydrogen (secondary N) is 1. The molecule has 0 saturated carbocycles. The van der Waals surface area contributed by atoms with Crippen molar-refractivity contribution in [3.8, 4) is 0 Å². The highest BCUT2D eigenvalue weighted by Crippen LogP contribution is 1.93. The minimum absolute atomic E-state index is 0.0117. The Morgan fingerprint density at radius 1 is 1.50 bits per heavy atom. The molecule has 0 rings (SSSR count). The average Bonchev–Trinajstić information content (AvgIpc) is 1.89. The highest BCUT2D eigenvalue weighted by Gasteiger charge is 2.00. The lowest BCUT2D eigenvalue weighted by Gasteiger charge is -2.06. The van der Waals surface area contributed by atoms with Gasteiger partial charge in [-0.05, 0) is 12.8 Å². The zero-order valence-electron chi connectivity index (χ0n) is 5.79. The third-order valence-electron chi connectivity index (χ3n) is 1.17. The molecule has 1 amide bonds. The number of carbonyl (C=O) groups excluding carboxylic acids is 1. The van der Waals surface area contributed by atoms with Gasteiger partial charge in [0, 0.05) is 13.2 Å². The van der Waals surface area contributed by atoms with Crippen LogP contribution in [0.25, 0.3) is 0 Å². The molecular formula is C6H13NO3. The number of aliphatic hydroxyl groups excluding tert-OH is 2. The summed E-state index contributed by atoms with van der Waals surface area (Å²) in [6.07, 6.45) is 0.961. The molecule has 3 N–H and O–H groups in total. The molecule has 0 aromatic carbocycles. The maximum atomic E-state index is 9.70. The minimum atomic E-state index is -0.502. The van der Waals surface area contributed by atoms with E-state index in [1.54, 1.807) is 0 Å². The molecule has 0 aliphatic rings. The van der Waals surface area contributed by atoms with E-state index < -0.39 is 6.10 Å². The molecule has 0 aromatic rings. The first kappa shape index (κ1) is 9.39. The van der Waals surface area contributed by atoms with Gasteiger partial charge in [0.2, 0.25) is 6.41 Å². The minimum Gasteiger partial charge on any atom is -0.396 e. The number of carbonyl (C=O) groups is 1. The molecule has 0 fully saturated rings. The van der Waals surface area contributed by atoms with Crippen LogP contribution in [0.5, 0.6) is 0 Å². The molecule has 0 spiro atoms. The Morgan fingerprint density at radius 3 is 2.70 bits per heavy atom. The first-order valence-electron chi connectivity index (χ1n) is 3.27. The van der Waals surface area contributed by atoms with E-state index in [9.17, 15) is 4.79 Å². The molecule has 4 nitrogen and oxygen atoms in total. The summed E-state index contributed by atoms with van der Waals surface area (Å²) >= 11 is 0. The standard InChI is InChI=1S/C6H13NO3/c8-4-2-6(10)1-3-7-5-9/h5-6,8,10H,1-4H2,(H,7,9). The van der Waals surface area contributed by atoms with Gasteiger partial charge in [0.15, 0.2) is 0 Å². The van der Waals surface area contributed by atoms with E-state index in [4.69, 9.17) is 10.2 Å². The fourth-order valence-electron chi connectivity index (χ4n) is 0.602. The number of hydrogen-bond acceptors (Lipinski definition) is 3. The van der Waals surface area contributed by atoms with Gasteiger partial charge in [-0.1, -0.05) is 0 Å². The van der Waals surface area contributed by atoms with Crippen molar-refractivity contribution < 1.29 is 15.0 Å². The summed E-state index contributed by atoms with van der Waals surface area (Å²) in [5, 5.41) is 19.7. The zero-order chi connectivity index (χ0) is 7.82. The van der Waals surface area contributed by atoms with Gasteiger partial charge in [0.25, 0.3) is 0 Å². The van der Waals surface area contributed by atoms with Crippen molar-refractivity contribution in [3.05, 3.63) is 0 Å². The fraction of sp³-hybridized carbons (Fsp3) is 0.833. The molecule has 0 saturated heterocycles. The second-order valence-corrected chi connectivity index (χ2v) is 2.03. The summed E-state index contributed by atoms with van der Waals surface area (Å²) in [6, 6.07) is 0. The Bertz CT molecular complexity index is 87.1. The Hall–Kier alpha value is -0.610. The Kier molecular flexibility index (Phi) is 6.11. The monoisotopic (exact) mass is 147 g/mol. The lowest BCUT2D eigenvalue weighted by Crippen LogP contribution is -2.19. The second kappa shape index (κ2) is 6.51. The van der Waals surface area contributed by atoms with Crippen molar-refractivity contribution in [3.63, 3.8) is 0 Å². The third-order valence-corrected chi connectivity index (χ3v) is 1.17. The summed E-state index contributed by atoms with van der Waals surface area (Å²) < 4.78 is 0. The summed E-state index contributed by atoms with van der Waals surface area (Å²) in [6.45, 7) is 0.451. The first-order valence-corrected chi connectivity index (χ1v) is 3.27. The molecule has 60 valence electrons. The van der Waals surface area contributed by atoms with Crippen molar-refractivity contribution in [1.29, 1.82) is 0 Å². The summed E-state index contributed by atoms with van der Waals surface area (Å²) in [7, 11) is 0. The van der Waals surface area contributed by atoms with Crippen molar-refractivity contribution in [2.75, 3.05) is 13.2 Å². The highest BCUT2D eigenvalue weighted by atomic mass is 16.3. The van der Waals surface area contributed by atoms with Crippen LogP contribution >= 0.6 is 0 Å². The number of amides is 1. The van der Waals surface area contributed by atoms with Crippen LogP contribution in [-0.4, -0.2) is 35.9 Å². The molecular weight excluding hydrogens is 134 g/mol. The van der Waals surface area contributed by atoms with E-state index in [1.165, 1.54) is 0 Å². The van der Waals surface area contributed by atoms with E-state index in [-0.39, 0.29) is 6.61 Å². The van der Waals surface area contributed by atoms with Crippen molar-refractivity contribution >= 4 is 6.41 Å². The molecule has 1 unspecified atom stereocenters. The van der Waals surface area contributed by atoms with Crippen LogP contribution in [0.3, 0.4) is 0 Å². The Labute approximate surface area is 59.9 Å². The predicted molar refractivity (Wildman–Crippen MR) is 36.4 cm³/mol. The van der Waals surface area contributed by atoms with Crippen LogP contribution < -0.4 is 5.32 Å². The molecule has 0 radical (unpaired) electrons. The van der Waals surface area contributed by atoms with Gasteiger partial charge in [0.1, 0.15) is 0 Å². The van der Waals surface area contributed by atoms with Crippen molar-refractivity contribution in [2.45, 2.75) is 18.9 Å². The molecule has 0 aliphatic carbocycles. The fourth-order valence-corrected chi connectivity index (χ4v) is 0.602. The Morgan fingerprint density at radius 2 is 2.20 bits per heavy atom. The smallest absolute Gasteiger partial charge is 0.207 e.